The molecule has 31 heavy (non-hydrogen) atoms. The number of amides is 1. The molecule has 1 unspecified atom stereocenters. The number of nitrogens with zero attached hydrogens (tertiary/aromatic N) is 1. The van der Waals surface area contributed by atoms with Gasteiger partial charge in [-0.1, -0.05) is 60.7 Å². The third-order valence-corrected chi connectivity index (χ3v) is 6.07. The minimum atomic E-state index is -0.296. The van der Waals surface area contributed by atoms with E-state index >= 15 is 0 Å². The molecule has 0 N–H and O–H groups in total. The predicted molar refractivity (Wildman–Crippen MR) is 121 cm³/mol. The summed E-state index contributed by atoms with van der Waals surface area (Å²) in [6, 6.07) is 26.8. The molecule has 0 aromatic heterocycles. The first-order valence-corrected chi connectivity index (χ1v) is 10.3. The van der Waals surface area contributed by atoms with E-state index in [0.29, 0.717) is 12.0 Å². The lowest BCUT2D eigenvalue weighted by Crippen LogP contribution is -2.36. The normalized spacial score (nSPS) is 15.7. The van der Waals surface area contributed by atoms with E-state index in [1.54, 1.807) is 30.2 Å². The predicted octanol–water partition coefficient (Wildman–Crippen LogP) is 6.06. The van der Waals surface area contributed by atoms with E-state index in [0.717, 1.165) is 33.3 Å². The van der Waals surface area contributed by atoms with Crippen molar-refractivity contribution in [1.29, 1.82) is 0 Å². The Balaban J connectivity index is 1.67. The van der Waals surface area contributed by atoms with Crippen molar-refractivity contribution in [2.24, 2.45) is 0 Å². The highest BCUT2D eigenvalue weighted by atomic mass is 19.1. The zero-order valence-electron chi connectivity index (χ0n) is 17.2. The first kappa shape index (κ1) is 19.3. The zero-order valence-corrected chi connectivity index (χ0v) is 17.2. The molecule has 1 atom stereocenters. The molecule has 0 aliphatic carbocycles. The minimum absolute atomic E-state index is 0.00754. The first-order valence-electron chi connectivity index (χ1n) is 10.3. The standard InChI is InChI=1S/C27H22FNO2/c1-31-21-13-10-19(11-14-21)23-16-26(30)29(17-20-7-3-5-9-24(20)28)25-15-12-18-6-2-4-8-22(18)27(23)25/h2-15,23H,16-17H2,1H3. The maximum Gasteiger partial charge on any atom is 0.228 e. The molecule has 1 amide bonds. The van der Waals surface area contributed by atoms with Crippen molar-refractivity contribution in [2.45, 2.75) is 18.9 Å². The molecule has 4 aromatic carbocycles. The maximum absolute atomic E-state index is 14.4. The molecule has 1 aliphatic rings. The summed E-state index contributed by atoms with van der Waals surface area (Å²) in [5, 5.41) is 2.24. The highest BCUT2D eigenvalue weighted by Crippen LogP contribution is 2.44. The average Bonchev–Trinajstić information content (AvgIpc) is 2.81. The number of fused-ring (bicyclic) bond motifs is 3. The van der Waals surface area contributed by atoms with E-state index in [1.165, 1.54) is 6.07 Å². The van der Waals surface area contributed by atoms with Crippen LogP contribution in [0.2, 0.25) is 0 Å². The summed E-state index contributed by atoms with van der Waals surface area (Å²) in [7, 11) is 1.64. The number of benzene rings is 4. The van der Waals surface area contributed by atoms with Gasteiger partial charge < -0.3 is 9.64 Å². The highest BCUT2D eigenvalue weighted by Gasteiger charge is 2.34. The van der Waals surface area contributed by atoms with Crippen LogP contribution >= 0.6 is 0 Å². The van der Waals surface area contributed by atoms with Crippen LogP contribution in [0.1, 0.15) is 29.0 Å². The summed E-state index contributed by atoms with van der Waals surface area (Å²) in [4.78, 5) is 15.0. The largest absolute Gasteiger partial charge is 0.497 e. The van der Waals surface area contributed by atoms with Crippen LogP contribution in [0.5, 0.6) is 5.75 Å². The van der Waals surface area contributed by atoms with Crippen LogP contribution in [0.15, 0.2) is 84.9 Å². The van der Waals surface area contributed by atoms with Crippen LogP contribution < -0.4 is 9.64 Å². The zero-order chi connectivity index (χ0) is 21.4. The summed E-state index contributed by atoms with van der Waals surface area (Å²) < 4.78 is 19.7. The van der Waals surface area contributed by atoms with Crippen molar-refractivity contribution in [1.82, 2.24) is 0 Å². The van der Waals surface area contributed by atoms with E-state index in [4.69, 9.17) is 4.74 Å². The lowest BCUT2D eigenvalue weighted by atomic mass is 9.81. The van der Waals surface area contributed by atoms with Crippen molar-refractivity contribution in [2.75, 3.05) is 12.0 Å². The molecule has 1 aliphatic heterocycles. The Bertz CT molecular complexity index is 1270. The molecule has 0 spiro atoms. The molecule has 0 saturated heterocycles. The lowest BCUT2D eigenvalue weighted by Gasteiger charge is -2.35. The summed E-state index contributed by atoms with van der Waals surface area (Å²) in [6.07, 6.45) is 0.335. The van der Waals surface area contributed by atoms with E-state index < -0.39 is 0 Å². The number of methoxy groups -OCH3 is 1. The molecular weight excluding hydrogens is 389 g/mol. The van der Waals surface area contributed by atoms with Gasteiger partial charge >= 0.3 is 0 Å². The van der Waals surface area contributed by atoms with Crippen LogP contribution in [0, 0.1) is 5.82 Å². The molecule has 1 heterocycles. The number of halogens is 1. The van der Waals surface area contributed by atoms with Crippen molar-refractivity contribution in [3.05, 3.63) is 107 Å². The van der Waals surface area contributed by atoms with Gasteiger partial charge in [-0.2, -0.15) is 0 Å². The molecule has 5 rings (SSSR count). The van der Waals surface area contributed by atoms with Gasteiger partial charge in [0.15, 0.2) is 0 Å². The molecule has 0 radical (unpaired) electrons. The molecule has 0 bridgehead atoms. The first-order chi connectivity index (χ1) is 15.2. The molecular formula is C27H22FNO2. The van der Waals surface area contributed by atoms with Crippen molar-refractivity contribution >= 4 is 22.4 Å². The molecule has 0 fully saturated rings. The third kappa shape index (κ3) is 3.44. The fourth-order valence-corrected chi connectivity index (χ4v) is 4.50. The number of carbonyl (C=O) groups is 1. The molecule has 4 heteroatoms. The molecule has 0 saturated carbocycles. The summed E-state index contributed by atoms with van der Waals surface area (Å²) >= 11 is 0. The van der Waals surface area contributed by atoms with Gasteiger partial charge in [0.2, 0.25) is 5.91 Å². The Hall–Kier alpha value is -3.66. The quantitative estimate of drug-likeness (QED) is 0.409. The number of hydrogen-bond acceptors (Lipinski definition) is 2. The smallest absolute Gasteiger partial charge is 0.228 e. The molecule has 154 valence electrons. The van der Waals surface area contributed by atoms with Gasteiger partial charge in [0.1, 0.15) is 11.6 Å². The second-order valence-corrected chi connectivity index (χ2v) is 7.82. The van der Waals surface area contributed by atoms with Gasteiger partial charge in [0, 0.05) is 23.6 Å². The third-order valence-electron chi connectivity index (χ3n) is 6.07. The van der Waals surface area contributed by atoms with Gasteiger partial charge in [-0.3, -0.25) is 4.79 Å². The van der Waals surface area contributed by atoms with E-state index in [1.807, 2.05) is 48.5 Å². The number of hydrogen-bond donors (Lipinski definition) is 0. The monoisotopic (exact) mass is 411 g/mol. The van der Waals surface area contributed by atoms with Crippen LogP contribution in [0.25, 0.3) is 10.8 Å². The van der Waals surface area contributed by atoms with Crippen molar-refractivity contribution in [3.63, 3.8) is 0 Å². The Labute approximate surface area is 180 Å². The fourth-order valence-electron chi connectivity index (χ4n) is 4.50. The minimum Gasteiger partial charge on any atom is -0.497 e. The van der Waals surface area contributed by atoms with Gasteiger partial charge in [0.05, 0.1) is 13.7 Å². The topological polar surface area (TPSA) is 29.5 Å². The Morgan fingerprint density at radius 1 is 0.935 bits per heavy atom. The number of anilines is 1. The number of rotatable bonds is 4. The Morgan fingerprint density at radius 2 is 1.68 bits per heavy atom. The van der Waals surface area contributed by atoms with Crippen LogP contribution in [0.4, 0.5) is 10.1 Å². The van der Waals surface area contributed by atoms with Crippen molar-refractivity contribution < 1.29 is 13.9 Å². The van der Waals surface area contributed by atoms with Gasteiger partial charge in [-0.15, -0.1) is 0 Å². The highest BCUT2D eigenvalue weighted by molar-refractivity contribution is 6.03. The second kappa shape index (κ2) is 7.88. The maximum atomic E-state index is 14.4. The van der Waals surface area contributed by atoms with Gasteiger partial charge in [-0.25, -0.2) is 4.39 Å². The van der Waals surface area contributed by atoms with E-state index in [-0.39, 0.29) is 24.2 Å². The number of ether oxygens (including phenoxy) is 1. The second-order valence-electron chi connectivity index (χ2n) is 7.82. The number of carbonyl (C=O) groups excluding carboxylic acids is 1. The summed E-state index contributed by atoms with van der Waals surface area (Å²) in [5.74, 6) is 0.406. The van der Waals surface area contributed by atoms with Crippen LogP contribution in [-0.4, -0.2) is 13.0 Å². The van der Waals surface area contributed by atoms with E-state index in [2.05, 4.69) is 12.1 Å². The van der Waals surface area contributed by atoms with Gasteiger partial charge in [0.25, 0.3) is 0 Å². The summed E-state index contributed by atoms with van der Waals surface area (Å²) in [5.41, 5.74) is 3.54. The molecule has 3 nitrogen and oxygen atoms in total. The average molecular weight is 411 g/mol. The molecule has 4 aromatic rings. The lowest BCUT2D eigenvalue weighted by molar-refractivity contribution is -0.119. The van der Waals surface area contributed by atoms with Crippen molar-refractivity contribution in [3.8, 4) is 5.75 Å². The summed E-state index contributed by atoms with van der Waals surface area (Å²) in [6.45, 7) is 0.214. The van der Waals surface area contributed by atoms with Gasteiger partial charge in [-0.05, 0) is 46.2 Å². The SMILES string of the molecule is COc1ccc(C2CC(=O)N(Cc3ccccc3F)c3ccc4ccccc4c32)cc1. The Morgan fingerprint density at radius 3 is 2.45 bits per heavy atom. The van der Waals surface area contributed by atoms with Crippen LogP contribution in [-0.2, 0) is 11.3 Å². The Kier molecular flexibility index (Phi) is 4.91. The van der Waals surface area contributed by atoms with E-state index in [9.17, 15) is 9.18 Å². The fraction of sp³-hybridized carbons (Fsp3) is 0.148. The van der Waals surface area contributed by atoms with Crippen LogP contribution in [0.3, 0.4) is 0 Å².